The molecule has 8 heavy (non-hydrogen) atoms. The molecule has 0 fully saturated rings. The number of hydrogen-bond donors (Lipinski definition) is 0. The van der Waals surface area contributed by atoms with Crippen LogP contribution in [-0.2, 0) is 0 Å². The van der Waals surface area contributed by atoms with E-state index < -0.39 is 0 Å². The van der Waals surface area contributed by atoms with E-state index >= 15 is 0 Å². The maximum absolute atomic E-state index is 3.73. The monoisotopic (exact) mass is 112 g/mol. The SMILES string of the molecule is C=C[C@@H](C)C(C)(C)C. The van der Waals surface area contributed by atoms with Crippen molar-refractivity contribution in [1.29, 1.82) is 0 Å². The van der Waals surface area contributed by atoms with Crippen molar-refractivity contribution in [3.8, 4) is 0 Å². The van der Waals surface area contributed by atoms with Crippen molar-refractivity contribution in [3.05, 3.63) is 12.7 Å². The van der Waals surface area contributed by atoms with Gasteiger partial charge in [-0.2, -0.15) is 0 Å². The van der Waals surface area contributed by atoms with E-state index in [1.54, 1.807) is 0 Å². The van der Waals surface area contributed by atoms with Crippen LogP contribution in [0.3, 0.4) is 0 Å². The summed E-state index contributed by atoms with van der Waals surface area (Å²) in [7, 11) is 0. The molecule has 0 radical (unpaired) electrons. The highest BCUT2D eigenvalue weighted by Gasteiger charge is 2.15. The Morgan fingerprint density at radius 2 is 1.75 bits per heavy atom. The van der Waals surface area contributed by atoms with Crippen molar-refractivity contribution >= 4 is 0 Å². The molecule has 1 atom stereocenters. The molecule has 0 aliphatic rings. The summed E-state index contributed by atoms with van der Waals surface area (Å²) in [6, 6.07) is 0. The summed E-state index contributed by atoms with van der Waals surface area (Å²) >= 11 is 0. The molecule has 0 saturated carbocycles. The summed E-state index contributed by atoms with van der Waals surface area (Å²) in [6.45, 7) is 12.6. The predicted molar refractivity (Wildman–Crippen MR) is 38.8 cm³/mol. The molecular formula is C8H16. The second kappa shape index (κ2) is 2.34. The van der Waals surface area contributed by atoms with E-state index in [0.717, 1.165) is 0 Å². The van der Waals surface area contributed by atoms with E-state index in [-0.39, 0.29) is 0 Å². The minimum Gasteiger partial charge on any atom is -0.103 e. The maximum Gasteiger partial charge on any atom is -0.0216 e. The van der Waals surface area contributed by atoms with Crippen LogP contribution in [0.2, 0.25) is 0 Å². The van der Waals surface area contributed by atoms with Crippen LogP contribution in [-0.4, -0.2) is 0 Å². The van der Waals surface area contributed by atoms with E-state index in [4.69, 9.17) is 0 Å². The van der Waals surface area contributed by atoms with Gasteiger partial charge < -0.3 is 0 Å². The van der Waals surface area contributed by atoms with Gasteiger partial charge in [0.2, 0.25) is 0 Å². The highest BCUT2D eigenvalue weighted by atomic mass is 14.2. The topological polar surface area (TPSA) is 0 Å². The number of hydrogen-bond acceptors (Lipinski definition) is 0. The Morgan fingerprint density at radius 1 is 1.38 bits per heavy atom. The molecule has 0 heterocycles. The van der Waals surface area contributed by atoms with Crippen molar-refractivity contribution in [2.24, 2.45) is 11.3 Å². The Kier molecular flexibility index (Phi) is 2.26. The van der Waals surface area contributed by atoms with Crippen molar-refractivity contribution in [3.63, 3.8) is 0 Å². The molecule has 0 amide bonds. The van der Waals surface area contributed by atoms with E-state index in [1.807, 2.05) is 6.08 Å². The van der Waals surface area contributed by atoms with Crippen LogP contribution < -0.4 is 0 Å². The first-order valence-electron chi connectivity index (χ1n) is 3.11. The lowest BCUT2D eigenvalue weighted by Gasteiger charge is -2.23. The van der Waals surface area contributed by atoms with Crippen molar-refractivity contribution in [2.75, 3.05) is 0 Å². The van der Waals surface area contributed by atoms with Gasteiger partial charge in [-0.25, -0.2) is 0 Å². The molecule has 0 aromatic heterocycles. The average molecular weight is 112 g/mol. The summed E-state index contributed by atoms with van der Waals surface area (Å²) in [6.07, 6.45) is 2.00. The smallest absolute Gasteiger partial charge is 0.0216 e. The number of rotatable bonds is 1. The van der Waals surface area contributed by atoms with Gasteiger partial charge >= 0.3 is 0 Å². The summed E-state index contributed by atoms with van der Waals surface area (Å²) in [4.78, 5) is 0. The molecule has 0 nitrogen and oxygen atoms in total. The van der Waals surface area contributed by atoms with Crippen LogP contribution in [0.15, 0.2) is 12.7 Å². The third-order valence-corrected chi connectivity index (χ3v) is 1.72. The molecule has 0 aromatic carbocycles. The van der Waals surface area contributed by atoms with Gasteiger partial charge in [0, 0.05) is 0 Å². The average Bonchev–Trinajstić information content (AvgIpc) is 1.62. The molecule has 0 aliphatic carbocycles. The van der Waals surface area contributed by atoms with Gasteiger partial charge in [-0.1, -0.05) is 33.8 Å². The van der Waals surface area contributed by atoms with Gasteiger partial charge in [-0.3, -0.25) is 0 Å². The lowest BCUT2D eigenvalue weighted by molar-refractivity contribution is 0.315. The normalized spacial score (nSPS) is 15.5. The van der Waals surface area contributed by atoms with Crippen LogP contribution in [0.1, 0.15) is 27.7 Å². The Labute approximate surface area is 52.6 Å². The minimum absolute atomic E-state index is 0.391. The predicted octanol–water partition coefficient (Wildman–Crippen LogP) is 2.85. The van der Waals surface area contributed by atoms with Crippen molar-refractivity contribution in [1.82, 2.24) is 0 Å². The molecule has 0 N–H and O–H groups in total. The Hall–Kier alpha value is -0.260. The summed E-state index contributed by atoms with van der Waals surface area (Å²) in [5.74, 6) is 0.613. The maximum atomic E-state index is 3.73. The minimum atomic E-state index is 0.391. The van der Waals surface area contributed by atoms with Gasteiger partial charge in [-0.05, 0) is 11.3 Å². The molecule has 0 heteroatoms. The second-order valence-electron chi connectivity index (χ2n) is 3.39. The molecule has 0 saturated heterocycles. The van der Waals surface area contributed by atoms with Gasteiger partial charge in [0.1, 0.15) is 0 Å². The molecular weight excluding hydrogens is 96.1 g/mol. The Balaban J connectivity index is 3.80. The lowest BCUT2D eigenvalue weighted by atomic mass is 9.82. The zero-order valence-electron chi connectivity index (χ0n) is 6.36. The molecule has 0 bridgehead atoms. The second-order valence-corrected chi connectivity index (χ2v) is 3.39. The lowest BCUT2D eigenvalue weighted by Crippen LogP contribution is -2.14. The first-order chi connectivity index (χ1) is 3.48. The zero-order valence-corrected chi connectivity index (χ0v) is 6.36. The van der Waals surface area contributed by atoms with E-state index in [0.29, 0.717) is 11.3 Å². The fraction of sp³-hybridized carbons (Fsp3) is 0.750. The van der Waals surface area contributed by atoms with Gasteiger partial charge in [0.05, 0.1) is 0 Å². The molecule has 48 valence electrons. The number of allylic oxidation sites excluding steroid dienone is 1. The molecule has 0 aromatic rings. The fourth-order valence-corrected chi connectivity index (χ4v) is 0.354. The Morgan fingerprint density at radius 3 is 1.75 bits per heavy atom. The highest BCUT2D eigenvalue weighted by Crippen LogP contribution is 2.25. The van der Waals surface area contributed by atoms with Gasteiger partial charge in [0.15, 0.2) is 0 Å². The first kappa shape index (κ1) is 7.74. The summed E-state index contributed by atoms with van der Waals surface area (Å²) < 4.78 is 0. The van der Waals surface area contributed by atoms with Crippen LogP contribution in [0.25, 0.3) is 0 Å². The zero-order chi connectivity index (χ0) is 6.78. The standard InChI is InChI=1S/C8H16/c1-6-7(2)8(3,4)5/h6-7H,1H2,2-5H3/t7-/m1/s1. The third-order valence-electron chi connectivity index (χ3n) is 1.72. The summed E-state index contributed by atoms with van der Waals surface area (Å²) in [5.41, 5.74) is 0.391. The Bertz CT molecular complexity index is 74.5. The summed E-state index contributed by atoms with van der Waals surface area (Å²) in [5, 5.41) is 0. The first-order valence-corrected chi connectivity index (χ1v) is 3.11. The van der Waals surface area contributed by atoms with Gasteiger partial charge in [0.25, 0.3) is 0 Å². The molecule has 0 unspecified atom stereocenters. The quantitative estimate of drug-likeness (QED) is 0.457. The van der Waals surface area contributed by atoms with E-state index in [9.17, 15) is 0 Å². The van der Waals surface area contributed by atoms with E-state index in [2.05, 4.69) is 34.3 Å². The highest BCUT2D eigenvalue weighted by molar-refractivity contribution is 4.83. The van der Waals surface area contributed by atoms with Crippen LogP contribution in [0.5, 0.6) is 0 Å². The molecule has 0 rings (SSSR count). The molecule has 0 aliphatic heterocycles. The molecule has 0 spiro atoms. The van der Waals surface area contributed by atoms with Gasteiger partial charge in [-0.15, -0.1) is 6.58 Å². The van der Waals surface area contributed by atoms with Crippen LogP contribution >= 0.6 is 0 Å². The fourth-order valence-electron chi connectivity index (χ4n) is 0.354. The largest absolute Gasteiger partial charge is 0.103 e. The van der Waals surface area contributed by atoms with Crippen molar-refractivity contribution in [2.45, 2.75) is 27.7 Å². The van der Waals surface area contributed by atoms with Crippen molar-refractivity contribution < 1.29 is 0 Å². The third kappa shape index (κ3) is 2.15. The van der Waals surface area contributed by atoms with E-state index in [1.165, 1.54) is 0 Å². The van der Waals surface area contributed by atoms with Crippen LogP contribution in [0.4, 0.5) is 0 Å². The van der Waals surface area contributed by atoms with Crippen LogP contribution in [0, 0.1) is 11.3 Å².